The molecule has 2 rings (SSSR count). The number of hydrogen-bond donors (Lipinski definition) is 2. The molecule has 218 valence electrons. The Hall–Kier alpha value is -2.35. The molecule has 1 aliphatic rings. The Kier molecular flexibility index (Phi) is 13.5. The van der Waals surface area contributed by atoms with Gasteiger partial charge in [0.1, 0.15) is 0 Å². The monoisotopic (exact) mass is 547 g/mol. The van der Waals surface area contributed by atoms with E-state index in [1.807, 2.05) is 6.08 Å². The highest BCUT2D eigenvalue weighted by Gasteiger charge is 2.28. The molecule has 0 heterocycles. The van der Waals surface area contributed by atoms with Crippen LogP contribution in [0.25, 0.3) is 0 Å². The van der Waals surface area contributed by atoms with Crippen LogP contribution in [0, 0.1) is 17.6 Å². The minimum absolute atomic E-state index is 0.0616. The maximum atomic E-state index is 14.1. The highest BCUT2D eigenvalue weighted by Crippen LogP contribution is 2.36. The summed E-state index contributed by atoms with van der Waals surface area (Å²) in [4.78, 5) is 11.6. The van der Waals surface area contributed by atoms with E-state index in [1.165, 1.54) is 23.3 Å². The molecule has 39 heavy (non-hydrogen) atoms. The minimum Gasteiger partial charge on any atom is -0.466 e. The molecular formula is C32H47F2NO4. The summed E-state index contributed by atoms with van der Waals surface area (Å²) in [5, 5.41) is 14.1. The predicted molar refractivity (Wildman–Crippen MR) is 152 cm³/mol. The Morgan fingerprint density at radius 3 is 2.67 bits per heavy atom. The molecule has 0 amide bonds. The molecule has 0 aromatic heterocycles. The van der Waals surface area contributed by atoms with Crippen molar-refractivity contribution >= 4 is 5.97 Å². The summed E-state index contributed by atoms with van der Waals surface area (Å²) < 4.78 is 38.9. The lowest BCUT2D eigenvalue weighted by Gasteiger charge is -2.31. The molecule has 2 N–H and O–H groups in total. The average molecular weight is 548 g/mol. The van der Waals surface area contributed by atoms with Crippen molar-refractivity contribution in [1.82, 2.24) is 5.32 Å². The molecule has 3 atom stereocenters. The molecule has 0 bridgehead atoms. The lowest BCUT2D eigenvalue weighted by molar-refractivity contribution is -0.143. The maximum absolute atomic E-state index is 14.1. The van der Waals surface area contributed by atoms with Crippen molar-refractivity contribution in [3.8, 4) is 0 Å². The molecule has 1 aromatic carbocycles. The Morgan fingerprint density at radius 2 is 1.97 bits per heavy atom. The van der Waals surface area contributed by atoms with Crippen molar-refractivity contribution < 1.29 is 28.2 Å². The molecule has 7 heteroatoms. The highest BCUT2D eigenvalue weighted by molar-refractivity contribution is 5.69. The summed E-state index contributed by atoms with van der Waals surface area (Å²) in [7, 11) is 0. The van der Waals surface area contributed by atoms with Gasteiger partial charge in [-0.15, -0.1) is 0 Å². The number of hydrogen-bond acceptors (Lipinski definition) is 5. The van der Waals surface area contributed by atoms with E-state index < -0.39 is 23.8 Å². The van der Waals surface area contributed by atoms with Crippen LogP contribution < -0.4 is 5.32 Å². The maximum Gasteiger partial charge on any atom is 0.305 e. The van der Waals surface area contributed by atoms with Crippen LogP contribution in [0.2, 0.25) is 0 Å². The van der Waals surface area contributed by atoms with Crippen LogP contribution in [-0.4, -0.2) is 42.5 Å². The molecule has 0 aliphatic heterocycles. The van der Waals surface area contributed by atoms with Gasteiger partial charge in [-0.3, -0.25) is 4.79 Å². The molecular weight excluding hydrogens is 500 g/mol. The van der Waals surface area contributed by atoms with Crippen LogP contribution >= 0.6 is 0 Å². The third-order valence-corrected chi connectivity index (χ3v) is 7.24. The van der Waals surface area contributed by atoms with Crippen LogP contribution in [0.1, 0.15) is 90.4 Å². The van der Waals surface area contributed by atoms with Crippen molar-refractivity contribution in [3.05, 3.63) is 70.8 Å². The van der Waals surface area contributed by atoms with Gasteiger partial charge in [-0.05, 0) is 108 Å². The molecule has 0 radical (unpaired) electrons. The van der Waals surface area contributed by atoms with E-state index in [9.17, 15) is 18.7 Å². The number of ether oxygens (including phenoxy) is 2. The zero-order valence-corrected chi connectivity index (χ0v) is 24.3. The number of carbonyl (C=O) groups is 1. The van der Waals surface area contributed by atoms with Gasteiger partial charge in [0.25, 0.3) is 0 Å². The fourth-order valence-electron chi connectivity index (χ4n) is 5.27. The Labute approximate surface area is 233 Å². The standard InChI is InChI=1S/C32H47F2NO4/c1-7-9-12-25-16-24(15-22(25)3)19-32(5,6)35-20-27(36)21-39-23(4)28-18-30(34)29(33)17-26(28)13-10-11-14-31(37)38-8-2/h7,9,12,17-18,23-24,27,35-36H,1,8,10-11,13-16,19-21H2,2-6H3/b12-9-. The topological polar surface area (TPSA) is 67.8 Å². The van der Waals surface area contributed by atoms with Gasteiger partial charge in [0.2, 0.25) is 0 Å². The zero-order valence-electron chi connectivity index (χ0n) is 24.3. The summed E-state index contributed by atoms with van der Waals surface area (Å²) in [6, 6.07) is 2.37. The van der Waals surface area contributed by atoms with Crippen LogP contribution in [0.3, 0.4) is 0 Å². The number of aryl methyl sites for hydroxylation is 1. The Balaban J connectivity index is 1.84. The summed E-state index contributed by atoms with van der Waals surface area (Å²) >= 11 is 0. The number of carbonyl (C=O) groups excluding carboxylic acids is 1. The van der Waals surface area contributed by atoms with Crippen LogP contribution in [0.15, 0.2) is 48.1 Å². The number of allylic oxidation sites excluding steroid dienone is 5. The molecule has 1 aliphatic carbocycles. The number of aliphatic hydroxyl groups excluding tert-OH is 1. The highest BCUT2D eigenvalue weighted by atomic mass is 19.2. The van der Waals surface area contributed by atoms with Gasteiger partial charge >= 0.3 is 5.97 Å². The van der Waals surface area contributed by atoms with Crippen molar-refractivity contribution in [2.45, 2.75) is 97.3 Å². The summed E-state index contributed by atoms with van der Waals surface area (Å²) in [6.45, 7) is 14.5. The largest absolute Gasteiger partial charge is 0.466 e. The molecule has 1 aromatic rings. The first-order valence-corrected chi connectivity index (χ1v) is 14.1. The third-order valence-electron chi connectivity index (χ3n) is 7.24. The van der Waals surface area contributed by atoms with Crippen LogP contribution in [0.4, 0.5) is 8.78 Å². The Bertz CT molecular complexity index is 1020. The fraction of sp³-hybridized carbons (Fsp3) is 0.594. The SMILES string of the molecule is C=C/C=C\C1=C(C)CC(CC(C)(C)NCC(O)COC(C)c2cc(F)c(F)cc2CCCCC(=O)OCC)C1. The van der Waals surface area contributed by atoms with Crippen molar-refractivity contribution in [3.63, 3.8) is 0 Å². The average Bonchev–Trinajstić information content (AvgIpc) is 3.22. The van der Waals surface area contributed by atoms with Crippen molar-refractivity contribution in [2.75, 3.05) is 19.8 Å². The van der Waals surface area contributed by atoms with Crippen LogP contribution in [0.5, 0.6) is 0 Å². The molecule has 0 spiro atoms. The number of unbranched alkanes of at least 4 members (excludes halogenated alkanes) is 1. The van der Waals surface area contributed by atoms with Gasteiger partial charge in [0.15, 0.2) is 11.6 Å². The van der Waals surface area contributed by atoms with E-state index in [4.69, 9.17) is 9.47 Å². The number of nitrogens with one attached hydrogen (secondary N) is 1. The van der Waals surface area contributed by atoms with Gasteiger partial charge in [0, 0.05) is 18.5 Å². The normalized spacial score (nSPS) is 17.6. The summed E-state index contributed by atoms with van der Waals surface area (Å²) in [5.74, 6) is -1.55. The number of aliphatic hydroxyl groups is 1. The number of halogens is 2. The number of esters is 1. The second-order valence-electron chi connectivity index (χ2n) is 11.3. The van der Waals surface area contributed by atoms with Gasteiger partial charge in [0.05, 0.1) is 25.4 Å². The van der Waals surface area contributed by atoms with E-state index >= 15 is 0 Å². The lowest BCUT2D eigenvalue weighted by atomic mass is 9.88. The molecule has 3 unspecified atom stereocenters. The van der Waals surface area contributed by atoms with Crippen molar-refractivity contribution in [1.29, 1.82) is 0 Å². The predicted octanol–water partition coefficient (Wildman–Crippen LogP) is 6.91. The van der Waals surface area contributed by atoms with E-state index in [1.54, 1.807) is 19.9 Å². The lowest BCUT2D eigenvalue weighted by Crippen LogP contribution is -2.45. The second kappa shape index (κ2) is 16.0. The number of rotatable bonds is 17. The van der Waals surface area contributed by atoms with E-state index in [-0.39, 0.29) is 18.1 Å². The van der Waals surface area contributed by atoms with Gasteiger partial charge in [-0.1, -0.05) is 30.4 Å². The Morgan fingerprint density at radius 1 is 1.26 bits per heavy atom. The van der Waals surface area contributed by atoms with Gasteiger partial charge in [-0.2, -0.15) is 0 Å². The summed E-state index contributed by atoms with van der Waals surface area (Å²) in [6.07, 6.45) is 9.75. The first kappa shape index (κ1) is 32.9. The van der Waals surface area contributed by atoms with E-state index in [0.717, 1.165) is 19.3 Å². The summed E-state index contributed by atoms with van der Waals surface area (Å²) in [5.41, 5.74) is 3.84. The molecule has 0 fully saturated rings. The van der Waals surface area contributed by atoms with Crippen molar-refractivity contribution in [2.24, 2.45) is 5.92 Å². The first-order valence-electron chi connectivity index (χ1n) is 14.1. The van der Waals surface area contributed by atoms with Crippen LogP contribution in [-0.2, 0) is 20.7 Å². The molecule has 0 saturated carbocycles. The second-order valence-corrected chi connectivity index (χ2v) is 11.3. The van der Waals surface area contributed by atoms with E-state index in [0.29, 0.717) is 55.9 Å². The molecule has 5 nitrogen and oxygen atoms in total. The smallest absolute Gasteiger partial charge is 0.305 e. The zero-order chi connectivity index (χ0) is 29.0. The van der Waals surface area contributed by atoms with E-state index in [2.05, 4.69) is 38.7 Å². The first-order chi connectivity index (χ1) is 18.5. The van der Waals surface area contributed by atoms with Gasteiger partial charge < -0.3 is 19.9 Å². The molecule has 0 saturated heterocycles. The number of benzene rings is 1. The van der Waals surface area contributed by atoms with Gasteiger partial charge in [-0.25, -0.2) is 8.78 Å². The minimum atomic E-state index is -0.931. The third kappa shape index (κ3) is 11.3. The quantitative estimate of drug-likeness (QED) is 0.126. The number of β-amino-alcohol motifs (C(OH)–C–C–N with tert-alkyl or cyclic N) is 1. The fourth-order valence-corrected chi connectivity index (χ4v) is 5.27.